The molecule has 0 N–H and O–H groups in total. The third-order valence-corrected chi connectivity index (χ3v) is 3.34. The minimum Gasteiger partial charge on any atom is -0.414 e. The first-order valence-corrected chi connectivity index (χ1v) is 6.32. The zero-order valence-corrected chi connectivity index (χ0v) is 10.5. The first-order chi connectivity index (χ1) is 8.88. The Morgan fingerprint density at radius 3 is 2.44 bits per heavy atom. The molecule has 0 amide bonds. The Hall–Kier alpha value is -2.14. The summed E-state index contributed by atoms with van der Waals surface area (Å²) < 4.78 is 0. The summed E-state index contributed by atoms with van der Waals surface area (Å²) in [6.07, 6.45) is 0. The van der Waals surface area contributed by atoms with Gasteiger partial charge in [-0.25, -0.2) is 0 Å². The van der Waals surface area contributed by atoms with E-state index in [0.717, 1.165) is 25.1 Å². The molecule has 0 fully saturated rings. The average Bonchev–Trinajstić information content (AvgIpc) is 2.41. The van der Waals surface area contributed by atoms with Gasteiger partial charge in [-0.3, -0.25) is 0 Å². The fourth-order valence-electron chi connectivity index (χ4n) is 2.34. The predicted molar refractivity (Wildman–Crippen MR) is 78.1 cm³/mol. The van der Waals surface area contributed by atoms with Crippen LogP contribution in [0.25, 0.3) is 0 Å². The van der Waals surface area contributed by atoms with Crippen molar-refractivity contribution in [3.05, 3.63) is 65.2 Å². The molecule has 0 atom stereocenters. The van der Waals surface area contributed by atoms with Crippen molar-refractivity contribution in [1.82, 2.24) is 0 Å². The third kappa shape index (κ3) is 1.89. The maximum atomic E-state index is 3.29. The van der Waals surface area contributed by atoms with Crippen LogP contribution in [0.2, 0.25) is 6.82 Å². The van der Waals surface area contributed by atoms with E-state index in [1.165, 1.54) is 11.3 Å². The third-order valence-electron chi connectivity index (χ3n) is 3.34. The SMILES string of the molecule is CBN1Cc2ccccc2C#Cc2ccccc21. The molecule has 3 rings (SSSR count). The van der Waals surface area contributed by atoms with Gasteiger partial charge in [0, 0.05) is 23.4 Å². The van der Waals surface area contributed by atoms with Gasteiger partial charge in [-0.1, -0.05) is 49.0 Å². The molecule has 1 aliphatic rings. The van der Waals surface area contributed by atoms with Gasteiger partial charge in [0.2, 0.25) is 7.41 Å². The molecular formula is C16H14BN. The molecule has 0 aliphatic carbocycles. The Morgan fingerprint density at radius 1 is 0.944 bits per heavy atom. The van der Waals surface area contributed by atoms with E-state index in [1.807, 2.05) is 0 Å². The molecule has 2 aromatic rings. The molecule has 0 saturated heterocycles. The second-order valence-electron chi connectivity index (χ2n) is 4.44. The summed E-state index contributed by atoms with van der Waals surface area (Å²) in [6.45, 7) is 3.12. The van der Waals surface area contributed by atoms with E-state index in [4.69, 9.17) is 0 Å². The quantitative estimate of drug-likeness (QED) is 0.538. The Balaban J connectivity index is 2.19. The first-order valence-electron chi connectivity index (χ1n) is 6.32. The number of nitrogens with zero attached hydrogens (tertiary/aromatic N) is 1. The summed E-state index contributed by atoms with van der Waals surface area (Å²) in [4.78, 5) is 2.38. The van der Waals surface area contributed by atoms with Crippen molar-refractivity contribution in [2.45, 2.75) is 13.4 Å². The smallest absolute Gasteiger partial charge is 0.233 e. The number of hydrogen-bond donors (Lipinski definition) is 0. The van der Waals surface area contributed by atoms with Crippen molar-refractivity contribution < 1.29 is 0 Å². The number of fused-ring (bicyclic) bond motifs is 2. The van der Waals surface area contributed by atoms with E-state index in [0.29, 0.717) is 0 Å². The highest BCUT2D eigenvalue weighted by Crippen LogP contribution is 2.24. The minimum atomic E-state index is 0.929. The second-order valence-corrected chi connectivity index (χ2v) is 4.44. The largest absolute Gasteiger partial charge is 0.414 e. The monoisotopic (exact) mass is 231 g/mol. The van der Waals surface area contributed by atoms with Crippen LogP contribution in [0.5, 0.6) is 0 Å². The summed E-state index contributed by atoms with van der Waals surface area (Å²) in [7, 11) is 0.993. The van der Waals surface area contributed by atoms with E-state index in [-0.39, 0.29) is 0 Å². The molecule has 0 unspecified atom stereocenters. The van der Waals surface area contributed by atoms with Crippen LogP contribution in [0.4, 0.5) is 5.69 Å². The highest BCUT2D eigenvalue weighted by Gasteiger charge is 2.12. The molecular weight excluding hydrogens is 217 g/mol. The fraction of sp³-hybridized carbons (Fsp3) is 0.125. The highest BCUT2D eigenvalue weighted by atomic mass is 15.0. The maximum absolute atomic E-state index is 3.29. The molecule has 0 spiro atoms. The van der Waals surface area contributed by atoms with Gasteiger partial charge in [0.15, 0.2) is 0 Å². The number of benzene rings is 2. The van der Waals surface area contributed by atoms with Gasteiger partial charge in [-0.2, -0.15) is 0 Å². The summed E-state index contributed by atoms with van der Waals surface area (Å²) in [6, 6.07) is 16.8. The van der Waals surface area contributed by atoms with Crippen molar-refractivity contribution in [2.75, 3.05) is 4.81 Å². The lowest BCUT2D eigenvalue weighted by Crippen LogP contribution is -2.26. The van der Waals surface area contributed by atoms with Gasteiger partial charge in [-0.15, -0.1) is 0 Å². The van der Waals surface area contributed by atoms with Crippen LogP contribution in [-0.2, 0) is 6.54 Å². The molecule has 0 aromatic heterocycles. The zero-order valence-electron chi connectivity index (χ0n) is 10.5. The second kappa shape index (κ2) is 4.62. The standard InChI is InChI=1S/C16H14BN/c1-17-18-12-15-8-3-2-6-13(15)10-11-14-7-4-5-9-16(14)18/h2-9,17H,12H2,1H3. The van der Waals surface area contributed by atoms with Crippen LogP contribution in [0.3, 0.4) is 0 Å². The topological polar surface area (TPSA) is 3.24 Å². The van der Waals surface area contributed by atoms with E-state index in [2.05, 4.69) is 72.0 Å². The molecule has 86 valence electrons. The molecule has 2 aromatic carbocycles. The lowest BCUT2D eigenvalue weighted by atomic mass is 9.90. The Kier molecular flexibility index (Phi) is 2.82. The van der Waals surface area contributed by atoms with Crippen LogP contribution >= 0.6 is 0 Å². The first kappa shape index (κ1) is 11.0. The van der Waals surface area contributed by atoms with Crippen molar-refractivity contribution in [3.8, 4) is 11.8 Å². The summed E-state index contributed by atoms with van der Waals surface area (Å²) >= 11 is 0. The molecule has 1 aliphatic heterocycles. The number of anilines is 1. The van der Waals surface area contributed by atoms with Gasteiger partial charge in [0.25, 0.3) is 0 Å². The van der Waals surface area contributed by atoms with Crippen molar-refractivity contribution >= 4 is 13.1 Å². The van der Waals surface area contributed by atoms with Crippen molar-refractivity contribution in [1.29, 1.82) is 0 Å². The molecule has 1 nitrogen and oxygen atoms in total. The molecule has 0 saturated carbocycles. The zero-order chi connectivity index (χ0) is 12.4. The van der Waals surface area contributed by atoms with Crippen LogP contribution < -0.4 is 4.81 Å². The molecule has 1 heterocycles. The Bertz CT molecular complexity index is 637. The normalized spacial score (nSPS) is 12.4. The van der Waals surface area contributed by atoms with Crippen molar-refractivity contribution in [2.24, 2.45) is 0 Å². The van der Waals surface area contributed by atoms with Gasteiger partial charge in [0.05, 0.1) is 0 Å². The van der Waals surface area contributed by atoms with Gasteiger partial charge < -0.3 is 4.81 Å². The summed E-state index contributed by atoms with van der Waals surface area (Å²) in [5.41, 5.74) is 4.81. The number of rotatable bonds is 1. The number of hydrogen-bond acceptors (Lipinski definition) is 1. The highest BCUT2D eigenvalue weighted by molar-refractivity contribution is 6.39. The summed E-state index contributed by atoms with van der Waals surface area (Å²) in [5.74, 6) is 6.58. The molecule has 0 radical (unpaired) electrons. The van der Waals surface area contributed by atoms with E-state index in [1.54, 1.807) is 0 Å². The Morgan fingerprint density at radius 2 is 1.61 bits per heavy atom. The van der Waals surface area contributed by atoms with Gasteiger partial charge in [0.1, 0.15) is 0 Å². The number of para-hydroxylation sites is 1. The minimum absolute atomic E-state index is 0.929. The lowest BCUT2D eigenvalue weighted by molar-refractivity contribution is 1.02. The van der Waals surface area contributed by atoms with Crippen LogP contribution in [0, 0.1) is 11.8 Å². The fourth-order valence-corrected chi connectivity index (χ4v) is 2.34. The molecule has 2 heteroatoms. The van der Waals surface area contributed by atoms with E-state index in [9.17, 15) is 0 Å². The average molecular weight is 231 g/mol. The van der Waals surface area contributed by atoms with Crippen LogP contribution in [-0.4, -0.2) is 7.41 Å². The lowest BCUT2D eigenvalue weighted by Gasteiger charge is -2.26. The van der Waals surface area contributed by atoms with Gasteiger partial charge >= 0.3 is 0 Å². The van der Waals surface area contributed by atoms with E-state index >= 15 is 0 Å². The van der Waals surface area contributed by atoms with Crippen molar-refractivity contribution in [3.63, 3.8) is 0 Å². The predicted octanol–water partition coefficient (Wildman–Crippen LogP) is 2.81. The van der Waals surface area contributed by atoms with E-state index < -0.39 is 0 Å². The Labute approximate surface area is 109 Å². The van der Waals surface area contributed by atoms with Crippen LogP contribution in [0.15, 0.2) is 48.5 Å². The molecule has 0 bridgehead atoms. The van der Waals surface area contributed by atoms with Crippen LogP contribution in [0.1, 0.15) is 16.7 Å². The maximum Gasteiger partial charge on any atom is 0.233 e. The van der Waals surface area contributed by atoms with Gasteiger partial charge in [-0.05, 0) is 23.8 Å². The molecule has 18 heavy (non-hydrogen) atoms. The summed E-state index contributed by atoms with van der Waals surface area (Å²) in [5, 5.41) is 0.